The van der Waals surface area contributed by atoms with E-state index in [4.69, 9.17) is 0 Å². The third-order valence-corrected chi connectivity index (χ3v) is 4.26. The Labute approximate surface area is 135 Å². The zero-order valence-corrected chi connectivity index (χ0v) is 14.5. The van der Waals surface area contributed by atoms with Crippen LogP contribution in [-0.4, -0.2) is 0 Å². The minimum absolute atomic E-state index is 0.0583. The summed E-state index contributed by atoms with van der Waals surface area (Å²) in [6.07, 6.45) is 0. The molecule has 2 aromatic carbocycles. The maximum Gasteiger partial charge on any atom is 0.129 e. The van der Waals surface area contributed by atoms with Crippen molar-refractivity contribution in [1.82, 2.24) is 5.32 Å². The fourth-order valence-electron chi connectivity index (χ4n) is 2.19. The highest BCUT2D eigenvalue weighted by Gasteiger charge is 2.14. The van der Waals surface area contributed by atoms with Crippen molar-refractivity contribution in [2.75, 3.05) is 0 Å². The molecule has 4 heteroatoms. The lowest BCUT2D eigenvalue weighted by molar-refractivity contribution is 0.473. The Morgan fingerprint density at radius 1 is 0.950 bits per heavy atom. The number of halogens is 3. The summed E-state index contributed by atoms with van der Waals surface area (Å²) in [5, 5.41) is 3.42. The van der Waals surface area contributed by atoms with Gasteiger partial charge in [-0.1, -0.05) is 50.1 Å². The van der Waals surface area contributed by atoms with Crippen LogP contribution in [0.2, 0.25) is 0 Å². The number of nitrogens with one attached hydrogen (secondary N) is 1. The van der Waals surface area contributed by atoms with Crippen molar-refractivity contribution in [2.45, 2.75) is 25.9 Å². The van der Waals surface area contributed by atoms with Gasteiger partial charge < -0.3 is 5.32 Å². The Balaban J connectivity index is 2.12. The van der Waals surface area contributed by atoms with Crippen LogP contribution in [0.5, 0.6) is 0 Å². The zero-order valence-electron chi connectivity index (χ0n) is 11.3. The third-order valence-electron chi connectivity index (χ3n) is 3.28. The van der Waals surface area contributed by atoms with E-state index >= 15 is 0 Å². The number of benzene rings is 2. The van der Waals surface area contributed by atoms with E-state index in [9.17, 15) is 4.39 Å². The third kappa shape index (κ3) is 3.90. The normalized spacial score (nSPS) is 14.1. The van der Waals surface area contributed by atoms with Crippen molar-refractivity contribution in [1.29, 1.82) is 0 Å². The summed E-state index contributed by atoms with van der Waals surface area (Å²) < 4.78 is 15.7. The Morgan fingerprint density at radius 2 is 1.65 bits per heavy atom. The predicted octanol–water partition coefficient (Wildman–Crippen LogP) is 5.76. The van der Waals surface area contributed by atoms with Crippen LogP contribution in [0, 0.1) is 5.82 Å². The van der Waals surface area contributed by atoms with Gasteiger partial charge in [0.15, 0.2) is 0 Å². The van der Waals surface area contributed by atoms with Crippen LogP contribution in [0.4, 0.5) is 4.39 Å². The van der Waals surface area contributed by atoms with Gasteiger partial charge in [0.2, 0.25) is 0 Å². The van der Waals surface area contributed by atoms with Crippen molar-refractivity contribution in [3.63, 3.8) is 0 Å². The van der Waals surface area contributed by atoms with Crippen LogP contribution in [0.15, 0.2) is 51.4 Å². The summed E-state index contributed by atoms with van der Waals surface area (Å²) in [6, 6.07) is 13.4. The molecule has 1 unspecified atom stereocenters. The minimum Gasteiger partial charge on any atom is -0.304 e. The smallest absolute Gasteiger partial charge is 0.129 e. The van der Waals surface area contributed by atoms with Gasteiger partial charge in [-0.05, 0) is 43.7 Å². The molecule has 0 aromatic heterocycles. The van der Waals surface area contributed by atoms with E-state index in [1.165, 1.54) is 11.6 Å². The van der Waals surface area contributed by atoms with E-state index in [2.05, 4.69) is 56.2 Å². The molecule has 0 saturated carbocycles. The Bertz CT molecular complexity index is 601. The second-order valence-corrected chi connectivity index (χ2v) is 6.66. The highest BCUT2D eigenvalue weighted by atomic mass is 79.9. The lowest BCUT2D eigenvalue weighted by Gasteiger charge is -2.21. The standard InChI is InChI=1S/C16H16Br2FN/c1-10(12-4-3-5-13(17)8-12)20-11(2)15-7-6-14(18)9-16(15)19/h3-11,20H,1-2H3/t10-,11?/m1/s1. The molecule has 2 aromatic rings. The van der Waals surface area contributed by atoms with Crippen molar-refractivity contribution in [3.8, 4) is 0 Å². The van der Waals surface area contributed by atoms with Gasteiger partial charge in [-0.15, -0.1) is 0 Å². The average Bonchev–Trinajstić information content (AvgIpc) is 2.38. The quantitative estimate of drug-likeness (QED) is 0.687. The predicted molar refractivity (Wildman–Crippen MR) is 88.2 cm³/mol. The van der Waals surface area contributed by atoms with Gasteiger partial charge in [-0.3, -0.25) is 0 Å². The first-order chi connectivity index (χ1) is 9.47. The van der Waals surface area contributed by atoms with Gasteiger partial charge >= 0.3 is 0 Å². The van der Waals surface area contributed by atoms with Crippen LogP contribution < -0.4 is 5.32 Å². The molecule has 0 spiro atoms. The fourth-order valence-corrected chi connectivity index (χ4v) is 2.94. The summed E-state index contributed by atoms with van der Waals surface area (Å²) in [7, 11) is 0. The molecule has 2 rings (SSSR count). The van der Waals surface area contributed by atoms with Gasteiger partial charge in [0.05, 0.1) is 0 Å². The van der Waals surface area contributed by atoms with Crippen molar-refractivity contribution >= 4 is 31.9 Å². The Hall–Kier alpha value is -0.710. The fraction of sp³-hybridized carbons (Fsp3) is 0.250. The maximum absolute atomic E-state index is 13.9. The van der Waals surface area contributed by atoms with E-state index in [1.807, 2.05) is 31.2 Å². The molecule has 106 valence electrons. The molecule has 0 radical (unpaired) electrons. The van der Waals surface area contributed by atoms with Crippen LogP contribution in [0.25, 0.3) is 0 Å². The van der Waals surface area contributed by atoms with Crippen LogP contribution in [0.3, 0.4) is 0 Å². The molecule has 0 fully saturated rings. The second kappa shape index (κ2) is 6.83. The van der Waals surface area contributed by atoms with Gasteiger partial charge in [-0.25, -0.2) is 4.39 Å². The summed E-state index contributed by atoms with van der Waals surface area (Å²) in [5.41, 5.74) is 1.85. The highest BCUT2D eigenvalue weighted by Crippen LogP contribution is 2.24. The molecule has 0 aliphatic rings. The SMILES string of the molecule is CC(N[C@H](C)c1cccc(Br)c1)c1ccc(Br)cc1F. The van der Waals surface area contributed by atoms with E-state index < -0.39 is 0 Å². The molecular formula is C16H16Br2FN. The lowest BCUT2D eigenvalue weighted by atomic mass is 10.0. The summed E-state index contributed by atoms with van der Waals surface area (Å²) in [4.78, 5) is 0. The highest BCUT2D eigenvalue weighted by molar-refractivity contribution is 9.10. The summed E-state index contributed by atoms with van der Waals surface area (Å²) in [5.74, 6) is -0.194. The van der Waals surface area contributed by atoms with Gasteiger partial charge in [0.25, 0.3) is 0 Å². The van der Waals surface area contributed by atoms with Gasteiger partial charge in [0.1, 0.15) is 5.82 Å². The first-order valence-electron chi connectivity index (χ1n) is 6.44. The molecular weight excluding hydrogens is 385 g/mol. The van der Waals surface area contributed by atoms with Crippen LogP contribution >= 0.6 is 31.9 Å². The van der Waals surface area contributed by atoms with Gasteiger partial charge in [-0.2, -0.15) is 0 Å². The lowest BCUT2D eigenvalue weighted by Crippen LogP contribution is -2.23. The molecule has 0 aliphatic carbocycles. The van der Waals surface area contributed by atoms with Crippen LogP contribution in [-0.2, 0) is 0 Å². The summed E-state index contributed by atoms with van der Waals surface area (Å²) in [6.45, 7) is 4.05. The topological polar surface area (TPSA) is 12.0 Å². The first-order valence-corrected chi connectivity index (χ1v) is 8.02. The minimum atomic E-state index is -0.194. The average molecular weight is 401 g/mol. The molecule has 0 saturated heterocycles. The van der Waals surface area contributed by atoms with Gasteiger partial charge in [0, 0.05) is 26.6 Å². The van der Waals surface area contributed by atoms with Crippen molar-refractivity contribution < 1.29 is 4.39 Å². The number of hydrogen-bond acceptors (Lipinski definition) is 1. The Kier molecular flexibility index (Phi) is 5.35. The largest absolute Gasteiger partial charge is 0.304 e. The molecule has 1 N–H and O–H groups in total. The summed E-state index contributed by atoms with van der Waals surface area (Å²) >= 11 is 6.74. The number of hydrogen-bond donors (Lipinski definition) is 1. The zero-order chi connectivity index (χ0) is 14.7. The van der Waals surface area contributed by atoms with Crippen molar-refractivity contribution in [2.24, 2.45) is 0 Å². The van der Waals surface area contributed by atoms with E-state index in [-0.39, 0.29) is 17.9 Å². The molecule has 0 amide bonds. The van der Waals surface area contributed by atoms with E-state index in [1.54, 1.807) is 0 Å². The second-order valence-electron chi connectivity index (χ2n) is 4.83. The monoisotopic (exact) mass is 399 g/mol. The first kappa shape index (κ1) is 15.7. The molecule has 20 heavy (non-hydrogen) atoms. The van der Waals surface area contributed by atoms with E-state index in [0.717, 1.165) is 8.95 Å². The van der Waals surface area contributed by atoms with E-state index in [0.29, 0.717) is 5.56 Å². The molecule has 2 atom stereocenters. The molecule has 0 heterocycles. The van der Waals surface area contributed by atoms with Crippen molar-refractivity contribution in [3.05, 3.63) is 68.4 Å². The number of rotatable bonds is 4. The maximum atomic E-state index is 13.9. The molecule has 1 nitrogen and oxygen atoms in total. The molecule has 0 aliphatic heterocycles. The Morgan fingerprint density at radius 3 is 2.30 bits per heavy atom. The molecule has 0 bridgehead atoms. The van der Waals surface area contributed by atoms with Crippen LogP contribution in [0.1, 0.15) is 37.1 Å².